The fourth-order valence-electron chi connectivity index (χ4n) is 7.02. The molecule has 2 fully saturated rings. The van der Waals surface area contributed by atoms with Crippen LogP contribution in [0.15, 0.2) is 71.6 Å². The fourth-order valence-corrected chi connectivity index (χ4v) is 8.99. The predicted molar refractivity (Wildman–Crippen MR) is 187 cm³/mol. The van der Waals surface area contributed by atoms with Crippen molar-refractivity contribution in [1.82, 2.24) is 14.9 Å². The Morgan fingerprint density at radius 1 is 1.02 bits per heavy atom. The molecule has 0 aromatic heterocycles. The molecule has 276 valence electrons. The average molecular weight is 751 g/mol. The molecule has 0 radical (unpaired) electrons. The fraction of sp³-hybridized carbons (Fsp3) is 0.444. The molecule has 0 bridgehead atoms. The second kappa shape index (κ2) is 17.2. The van der Waals surface area contributed by atoms with Crippen LogP contribution in [0.2, 0.25) is 5.02 Å². The standard InChI is InChI=1S/C36H42ClF3N4O6S/c1-22-20-41-21-27(44(22)51(47,48)28-13-8-25(9-14-28)34(39)40)12-15-29-30(38)4-3-5-31(29)42-35(45)33(43-36(46)49-2)32(24-16-18-50-19-17-24)23-6-10-26(37)11-7-23/h3-11,13-14,22,24,27,32-34,41H,12,15-21H2,1-2H3,(H,42,45)(H,43,46). The molecule has 5 rings (SSSR count). The van der Waals surface area contributed by atoms with Crippen molar-refractivity contribution in [2.45, 2.75) is 68.0 Å². The summed E-state index contributed by atoms with van der Waals surface area (Å²) in [7, 11) is -2.91. The van der Waals surface area contributed by atoms with E-state index in [1.54, 1.807) is 25.1 Å². The number of nitrogens with zero attached hydrogens (tertiary/aromatic N) is 1. The number of sulfonamides is 1. The van der Waals surface area contributed by atoms with Gasteiger partial charge in [-0.3, -0.25) is 4.79 Å². The number of alkyl carbamates (subject to hydrolysis) is 1. The molecule has 0 spiro atoms. The van der Waals surface area contributed by atoms with Gasteiger partial charge >= 0.3 is 6.09 Å². The van der Waals surface area contributed by atoms with E-state index in [0.29, 0.717) is 37.6 Å². The Labute approximate surface area is 301 Å². The van der Waals surface area contributed by atoms with Crippen LogP contribution in [0.3, 0.4) is 0 Å². The Morgan fingerprint density at radius 3 is 2.33 bits per heavy atom. The number of carbonyl (C=O) groups is 2. The molecular weight excluding hydrogens is 709 g/mol. The van der Waals surface area contributed by atoms with Crippen LogP contribution in [0.5, 0.6) is 0 Å². The summed E-state index contributed by atoms with van der Waals surface area (Å²) in [4.78, 5) is 26.7. The Morgan fingerprint density at radius 2 is 1.69 bits per heavy atom. The van der Waals surface area contributed by atoms with Gasteiger partial charge in [-0.05, 0) is 80.5 Å². The maximum absolute atomic E-state index is 15.6. The van der Waals surface area contributed by atoms with Gasteiger partial charge in [0.15, 0.2) is 0 Å². The third-order valence-corrected chi connectivity index (χ3v) is 11.9. The summed E-state index contributed by atoms with van der Waals surface area (Å²) in [5.41, 5.74) is 0.816. The molecule has 3 aromatic carbocycles. The topological polar surface area (TPSA) is 126 Å². The number of ether oxygens (including phenoxy) is 2. The normalized spacial score (nSPS) is 20.1. The molecule has 2 saturated heterocycles. The van der Waals surface area contributed by atoms with E-state index in [1.165, 1.54) is 35.7 Å². The number of nitrogens with one attached hydrogen (secondary N) is 3. The maximum atomic E-state index is 15.6. The first-order chi connectivity index (χ1) is 24.4. The molecule has 51 heavy (non-hydrogen) atoms. The van der Waals surface area contributed by atoms with Gasteiger partial charge in [-0.1, -0.05) is 41.9 Å². The van der Waals surface area contributed by atoms with Crippen molar-refractivity contribution < 1.29 is 40.7 Å². The zero-order valence-corrected chi connectivity index (χ0v) is 29.9. The number of piperazine rings is 1. The summed E-state index contributed by atoms with van der Waals surface area (Å²) in [6.07, 6.45) is -2.06. The van der Waals surface area contributed by atoms with Crippen LogP contribution in [-0.2, 0) is 30.7 Å². The van der Waals surface area contributed by atoms with Gasteiger partial charge in [-0.2, -0.15) is 4.31 Å². The minimum Gasteiger partial charge on any atom is -0.453 e. The summed E-state index contributed by atoms with van der Waals surface area (Å²) in [6, 6.07) is 13.6. The molecule has 4 atom stereocenters. The maximum Gasteiger partial charge on any atom is 0.407 e. The lowest BCUT2D eigenvalue weighted by Gasteiger charge is -2.40. The number of benzene rings is 3. The van der Waals surface area contributed by atoms with Crippen LogP contribution >= 0.6 is 11.6 Å². The van der Waals surface area contributed by atoms with Gasteiger partial charge in [0, 0.05) is 66.1 Å². The molecular formula is C36H42ClF3N4O6S. The Hall–Kier alpha value is -3.69. The number of hydrogen-bond acceptors (Lipinski definition) is 7. The zero-order valence-electron chi connectivity index (χ0n) is 28.3. The highest BCUT2D eigenvalue weighted by molar-refractivity contribution is 7.89. The lowest BCUT2D eigenvalue weighted by Crippen LogP contribution is -2.58. The average Bonchev–Trinajstić information content (AvgIpc) is 3.12. The van der Waals surface area contributed by atoms with Crippen molar-refractivity contribution in [2.75, 3.05) is 38.7 Å². The van der Waals surface area contributed by atoms with Crippen molar-refractivity contribution in [2.24, 2.45) is 5.92 Å². The zero-order chi connectivity index (χ0) is 36.7. The first kappa shape index (κ1) is 38.5. The molecule has 4 unspecified atom stereocenters. The number of anilines is 1. The largest absolute Gasteiger partial charge is 0.453 e. The minimum atomic E-state index is -4.11. The second-order valence-electron chi connectivity index (χ2n) is 12.8. The molecule has 10 nitrogen and oxygen atoms in total. The van der Waals surface area contributed by atoms with Crippen molar-refractivity contribution in [3.05, 3.63) is 94.3 Å². The lowest BCUT2D eigenvalue weighted by molar-refractivity contribution is -0.119. The van der Waals surface area contributed by atoms with Crippen LogP contribution in [0.25, 0.3) is 0 Å². The van der Waals surface area contributed by atoms with Crippen LogP contribution in [0.4, 0.5) is 23.7 Å². The van der Waals surface area contributed by atoms with E-state index in [9.17, 15) is 26.8 Å². The SMILES string of the molecule is COC(=O)NC(C(=O)Nc1cccc(F)c1CCC1CNCC(C)N1S(=O)(=O)c1ccc(C(F)F)cc1)C(c1ccc(Cl)cc1)C1CCOCC1. The Kier molecular flexibility index (Phi) is 13.0. The molecule has 0 saturated carbocycles. The monoisotopic (exact) mass is 750 g/mol. The van der Waals surface area contributed by atoms with Crippen molar-refractivity contribution in [3.63, 3.8) is 0 Å². The van der Waals surface area contributed by atoms with Crippen LogP contribution < -0.4 is 16.0 Å². The molecule has 3 aromatic rings. The quantitative estimate of drug-likeness (QED) is 0.199. The van der Waals surface area contributed by atoms with Crippen molar-refractivity contribution in [3.8, 4) is 0 Å². The third-order valence-electron chi connectivity index (χ3n) is 9.55. The molecule has 2 heterocycles. The predicted octanol–water partition coefficient (Wildman–Crippen LogP) is 6.27. The molecule has 2 amide bonds. The number of hydrogen-bond donors (Lipinski definition) is 3. The minimum absolute atomic E-state index is 0.0490. The lowest BCUT2D eigenvalue weighted by atomic mass is 9.76. The van der Waals surface area contributed by atoms with Crippen LogP contribution in [0.1, 0.15) is 55.2 Å². The molecule has 2 aliphatic rings. The highest BCUT2D eigenvalue weighted by atomic mass is 35.5. The van der Waals surface area contributed by atoms with Crippen molar-refractivity contribution >= 4 is 39.3 Å². The van der Waals surface area contributed by atoms with E-state index in [-0.39, 0.29) is 47.0 Å². The summed E-state index contributed by atoms with van der Waals surface area (Å²) < 4.78 is 81.3. The van der Waals surface area contributed by atoms with Gasteiger partial charge in [0.05, 0.1) is 12.0 Å². The first-order valence-corrected chi connectivity index (χ1v) is 18.6. The van der Waals surface area contributed by atoms with E-state index in [0.717, 1.165) is 17.7 Å². The van der Waals surface area contributed by atoms with E-state index in [4.69, 9.17) is 21.1 Å². The summed E-state index contributed by atoms with van der Waals surface area (Å²) in [5, 5.41) is 9.28. The summed E-state index contributed by atoms with van der Waals surface area (Å²) >= 11 is 6.18. The highest BCUT2D eigenvalue weighted by Crippen LogP contribution is 2.37. The van der Waals surface area contributed by atoms with E-state index >= 15 is 4.39 Å². The van der Waals surface area contributed by atoms with Crippen LogP contribution in [0, 0.1) is 11.7 Å². The van der Waals surface area contributed by atoms with Crippen LogP contribution in [-0.4, -0.2) is 76.3 Å². The Bertz CT molecular complexity index is 1760. The number of rotatable bonds is 12. The third kappa shape index (κ3) is 9.22. The van der Waals surface area contributed by atoms with E-state index < -0.39 is 58.3 Å². The molecule has 3 N–H and O–H groups in total. The molecule has 2 aliphatic heterocycles. The number of methoxy groups -OCH3 is 1. The highest BCUT2D eigenvalue weighted by Gasteiger charge is 2.40. The summed E-state index contributed by atoms with van der Waals surface area (Å²) in [5.74, 6) is -1.76. The number of alkyl halides is 2. The summed E-state index contributed by atoms with van der Waals surface area (Å²) in [6.45, 7) is 3.34. The van der Waals surface area contributed by atoms with E-state index in [2.05, 4.69) is 16.0 Å². The van der Waals surface area contributed by atoms with Gasteiger partial charge in [0.1, 0.15) is 11.9 Å². The van der Waals surface area contributed by atoms with Gasteiger partial charge in [0.2, 0.25) is 15.9 Å². The van der Waals surface area contributed by atoms with Gasteiger partial charge in [-0.25, -0.2) is 26.4 Å². The number of halogens is 4. The Balaban J connectivity index is 1.41. The first-order valence-electron chi connectivity index (χ1n) is 16.8. The second-order valence-corrected chi connectivity index (χ2v) is 15.1. The van der Waals surface area contributed by atoms with Gasteiger partial charge in [0.25, 0.3) is 6.43 Å². The van der Waals surface area contributed by atoms with Gasteiger partial charge in [-0.15, -0.1) is 0 Å². The number of carbonyl (C=O) groups excluding carboxylic acids is 2. The van der Waals surface area contributed by atoms with Gasteiger partial charge < -0.3 is 25.4 Å². The molecule has 15 heteroatoms. The van der Waals surface area contributed by atoms with Crippen molar-refractivity contribution in [1.29, 1.82) is 0 Å². The number of amides is 2. The molecule has 0 aliphatic carbocycles. The van der Waals surface area contributed by atoms with E-state index in [1.807, 2.05) is 12.1 Å². The smallest absolute Gasteiger partial charge is 0.407 e.